The summed E-state index contributed by atoms with van der Waals surface area (Å²) < 4.78 is 1.49. The van der Waals surface area contributed by atoms with E-state index < -0.39 is 0 Å². The molecule has 0 fully saturated rings. The van der Waals surface area contributed by atoms with Crippen molar-refractivity contribution >= 4 is 17.4 Å². The SMILES string of the molecule is C=C(Cl)/C=C\C(=NC)n1cc(C#N)cn1. The van der Waals surface area contributed by atoms with Crippen LogP contribution < -0.4 is 0 Å². The van der Waals surface area contributed by atoms with Gasteiger partial charge in [0.1, 0.15) is 11.9 Å². The molecule has 1 heterocycles. The van der Waals surface area contributed by atoms with Gasteiger partial charge in [0, 0.05) is 12.1 Å². The van der Waals surface area contributed by atoms with E-state index in [1.165, 1.54) is 10.9 Å². The predicted octanol–water partition coefficient (Wildman–Crippen LogP) is 1.94. The summed E-state index contributed by atoms with van der Waals surface area (Å²) in [5.41, 5.74) is 0.481. The van der Waals surface area contributed by atoms with Crippen molar-refractivity contribution in [2.75, 3.05) is 7.05 Å². The van der Waals surface area contributed by atoms with Crippen LogP contribution >= 0.6 is 11.6 Å². The number of aromatic nitrogens is 2. The third kappa shape index (κ3) is 3.08. The van der Waals surface area contributed by atoms with Crippen LogP contribution in [0.3, 0.4) is 0 Å². The minimum absolute atomic E-state index is 0.406. The van der Waals surface area contributed by atoms with Crippen molar-refractivity contribution < 1.29 is 0 Å². The number of allylic oxidation sites excluding steroid dienone is 3. The van der Waals surface area contributed by atoms with Crippen LogP contribution in [0.2, 0.25) is 0 Å². The molecule has 0 aliphatic rings. The largest absolute Gasteiger partial charge is 0.270 e. The first kappa shape index (κ1) is 11.2. The molecule has 76 valence electrons. The van der Waals surface area contributed by atoms with Crippen LogP contribution in [0.25, 0.3) is 0 Å². The topological polar surface area (TPSA) is 54.0 Å². The van der Waals surface area contributed by atoms with Crippen LogP contribution in [0.4, 0.5) is 0 Å². The summed E-state index contributed by atoms with van der Waals surface area (Å²) in [5.74, 6) is 0.582. The maximum absolute atomic E-state index is 8.63. The molecule has 5 heteroatoms. The van der Waals surface area contributed by atoms with Crippen LogP contribution in [-0.2, 0) is 0 Å². The molecule has 0 spiro atoms. The highest BCUT2D eigenvalue weighted by Gasteiger charge is 2.00. The normalized spacial score (nSPS) is 11.7. The first-order valence-electron chi connectivity index (χ1n) is 4.12. The van der Waals surface area contributed by atoms with Crippen LogP contribution in [0.1, 0.15) is 5.56 Å². The van der Waals surface area contributed by atoms with E-state index in [2.05, 4.69) is 16.7 Å². The Morgan fingerprint density at radius 2 is 2.47 bits per heavy atom. The minimum atomic E-state index is 0.406. The van der Waals surface area contributed by atoms with Gasteiger partial charge in [-0.3, -0.25) is 4.99 Å². The highest BCUT2D eigenvalue weighted by atomic mass is 35.5. The molecule has 1 rings (SSSR count). The first-order chi connectivity index (χ1) is 7.17. The Bertz CT molecular complexity index is 462. The summed E-state index contributed by atoms with van der Waals surface area (Å²) in [4.78, 5) is 4.00. The maximum atomic E-state index is 8.63. The van der Waals surface area contributed by atoms with Gasteiger partial charge in [0.2, 0.25) is 0 Å². The highest BCUT2D eigenvalue weighted by Crippen LogP contribution is 2.00. The summed E-state index contributed by atoms with van der Waals surface area (Å²) in [6, 6.07) is 1.99. The summed E-state index contributed by atoms with van der Waals surface area (Å²) in [6.07, 6.45) is 6.33. The maximum Gasteiger partial charge on any atom is 0.148 e. The lowest BCUT2D eigenvalue weighted by Crippen LogP contribution is -2.09. The molecule has 0 saturated heterocycles. The van der Waals surface area contributed by atoms with Crippen LogP contribution in [-0.4, -0.2) is 22.7 Å². The van der Waals surface area contributed by atoms with Gasteiger partial charge in [-0.2, -0.15) is 10.4 Å². The van der Waals surface area contributed by atoms with Gasteiger partial charge in [0.05, 0.1) is 18.0 Å². The number of hydrogen-bond acceptors (Lipinski definition) is 3. The van der Waals surface area contributed by atoms with E-state index in [0.717, 1.165) is 0 Å². The Labute approximate surface area is 92.8 Å². The van der Waals surface area contributed by atoms with Gasteiger partial charge in [0.15, 0.2) is 0 Å². The van der Waals surface area contributed by atoms with E-state index in [1.807, 2.05) is 6.07 Å². The van der Waals surface area contributed by atoms with Crippen molar-refractivity contribution in [3.8, 4) is 6.07 Å². The summed E-state index contributed by atoms with van der Waals surface area (Å²) in [7, 11) is 1.63. The molecule has 0 amide bonds. The summed E-state index contributed by atoms with van der Waals surface area (Å²) >= 11 is 5.58. The summed E-state index contributed by atoms with van der Waals surface area (Å²) in [6.45, 7) is 3.52. The molecule has 4 nitrogen and oxygen atoms in total. The van der Waals surface area contributed by atoms with Gasteiger partial charge in [-0.1, -0.05) is 18.2 Å². The Kier molecular flexibility index (Phi) is 3.83. The van der Waals surface area contributed by atoms with Crippen molar-refractivity contribution in [3.05, 3.63) is 41.7 Å². The molecule has 1 aromatic rings. The van der Waals surface area contributed by atoms with Crippen LogP contribution in [0.5, 0.6) is 0 Å². The Morgan fingerprint density at radius 1 is 1.73 bits per heavy atom. The number of halogens is 1. The number of nitriles is 1. The first-order valence-corrected chi connectivity index (χ1v) is 4.49. The molecule has 0 saturated carbocycles. The molecule has 1 aromatic heterocycles. The standard InChI is InChI=1S/C10H9ClN4/c1-8(11)3-4-10(13-2)15-7-9(5-12)6-14-15/h3-4,6-7H,1H2,2H3/b4-3-,13-10?. The van der Waals surface area contributed by atoms with Crippen molar-refractivity contribution in [1.82, 2.24) is 9.78 Å². The van der Waals surface area contributed by atoms with Crippen LogP contribution in [0, 0.1) is 11.3 Å². The molecule has 0 unspecified atom stereocenters. The second-order valence-electron chi connectivity index (χ2n) is 2.65. The lowest BCUT2D eigenvalue weighted by Gasteiger charge is -1.98. The van der Waals surface area contributed by atoms with E-state index >= 15 is 0 Å². The zero-order valence-corrected chi connectivity index (χ0v) is 8.94. The Hall–Kier alpha value is -1.86. The molecule has 15 heavy (non-hydrogen) atoms. The number of aliphatic imine (C=N–C) groups is 1. The molecular formula is C10H9ClN4. The number of nitrogens with zero attached hydrogens (tertiary/aromatic N) is 4. The van der Waals surface area contributed by atoms with Crippen molar-refractivity contribution in [3.63, 3.8) is 0 Å². The molecule has 0 aliphatic heterocycles. The van der Waals surface area contributed by atoms with Crippen molar-refractivity contribution in [1.29, 1.82) is 5.26 Å². The molecule has 0 N–H and O–H groups in total. The smallest absolute Gasteiger partial charge is 0.148 e. The van der Waals surface area contributed by atoms with Crippen LogP contribution in [0.15, 0.2) is 41.1 Å². The number of hydrogen-bond donors (Lipinski definition) is 0. The predicted molar refractivity (Wildman–Crippen MR) is 59.8 cm³/mol. The third-order valence-electron chi connectivity index (χ3n) is 1.59. The fourth-order valence-corrected chi connectivity index (χ4v) is 0.987. The lowest BCUT2D eigenvalue weighted by molar-refractivity contribution is 0.934. The Balaban J connectivity index is 2.95. The number of rotatable bonds is 2. The van der Waals surface area contributed by atoms with Gasteiger partial charge in [0.25, 0.3) is 0 Å². The molecule has 0 aliphatic carbocycles. The van der Waals surface area contributed by atoms with Gasteiger partial charge >= 0.3 is 0 Å². The quantitative estimate of drug-likeness (QED) is 0.435. The molecule has 0 radical (unpaired) electrons. The zero-order chi connectivity index (χ0) is 11.3. The average Bonchev–Trinajstić information content (AvgIpc) is 2.67. The summed E-state index contributed by atoms with van der Waals surface area (Å²) in [5, 5.41) is 13.0. The van der Waals surface area contributed by atoms with Crippen molar-refractivity contribution in [2.45, 2.75) is 0 Å². The Morgan fingerprint density at radius 3 is 2.93 bits per heavy atom. The molecule has 0 atom stereocenters. The van der Waals surface area contributed by atoms with Crippen molar-refractivity contribution in [2.24, 2.45) is 4.99 Å². The second kappa shape index (κ2) is 5.13. The van der Waals surface area contributed by atoms with Gasteiger partial charge in [-0.25, -0.2) is 4.68 Å². The monoisotopic (exact) mass is 220 g/mol. The average molecular weight is 221 g/mol. The van der Waals surface area contributed by atoms with Gasteiger partial charge in [-0.05, 0) is 12.2 Å². The van der Waals surface area contributed by atoms with E-state index in [9.17, 15) is 0 Å². The van der Waals surface area contributed by atoms with E-state index in [-0.39, 0.29) is 0 Å². The fourth-order valence-electron chi connectivity index (χ4n) is 0.924. The highest BCUT2D eigenvalue weighted by molar-refractivity contribution is 6.31. The van der Waals surface area contributed by atoms with Gasteiger partial charge < -0.3 is 0 Å². The van der Waals surface area contributed by atoms with Gasteiger partial charge in [-0.15, -0.1) is 0 Å². The fraction of sp³-hybridized carbons (Fsp3) is 0.100. The molecule has 0 aromatic carbocycles. The molecule has 0 bridgehead atoms. The van der Waals surface area contributed by atoms with E-state index in [1.54, 1.807) is 25.4 Å². The third-order valence-corrected chi connectivity index (χ3v) is 1.71. The minimum Gasteiger partial charge on any atom is -0.270 e. The zero-order valence-electron chi connectivity index (χ0n) is 8.18. The lowest BCUT2D eigenvalue weighted by atomic mass is 10.4. The van der Waals surface area contributed by atoms with E-state index in [4.69, 9.17) is 16.9 Å². The molecular weight excluding hydrogens is 212 g/mol. The van der Waals surface area contributed by atoms with E-state index in [0.29, 0.717) is 16.4 Å². The second-order valence-corrected chi connectivity index (χ2v) is 3.13.